The minimum Gasteiger partial charge on any atom is -0.336 e. The quantitative estimate of drug-likeness (QED) is 0.813. The largest absolute Gasteiger partial charge is 0.336 e. The maximum absolute atomic E-state index is 12.7. The second kappa shape index (κ2) is 6.72. The Bertz CT molecular complexity index is 775. The second-order valence-electron chi connectivity index (χ2n) is 5.47. The normalized spacial score (nSPS) is 15.9. The lowest BCUT2D eigenvalue weighted by atomic mass is 10.3. The van der Waals surface area contributed by atoms with Gasteiger partial charge in [-0.2, -0.15) is 4.31 Å². The van der Waals surface area contributed by atoms with Crippen LogP contribution < -0.4 is 0 Å². The van der Waals surface area contributed by atoms with Gasteiger partial charge in [-0.05, 0) is 35.7 Å². The molecule has 0 aromatic carbocycles. The summed E-state index contributed by atoms with van der Waals surface area (Å²) in [6, 6.07) is 5.45. The summed E-state index contributed by atoms with van der Waals surface area (Å²) in [5.41, 5.74) is 0. The first-order chi connectivity index (χ1) is 11.0. The van der Waals surface area contributed by atoms with Crippen molar-refractivity contribution in [1.29, 1.82) is 0 Å². The molecule has 0 aliphatic carbocycles. The number of nitrogens with zero attached hydrogens (tertiary/aromatic N) is 2. The Morgan fingerprint density at radius 2 is 1.96 bits per heavy atom. The minimum atomic E-state index is -3.57. The maximum atomic E-state index is 12.7. The summed E-state index contributed by atoms with van der Waals surface area (Å²) in [5, 5.41) is 3.64. The average molecular weight is 371 g/mol. The lowest BCUT2D eigenvalue weighted by Gasteiger charge is -2.19. The first-order valence-electron chi connectivity index (χ1n) is 7.35. The van der Waals surface area contributed by atoms with Gasteiger partial charge in [0.25, 0.3) is 5.91 Å². The van der Waals surface area contributed by atoms with Gasteiger partial charge in [0, 0.05) is 25.0 Å². The number of hydrogen-bond donors (Lipinski definition) is 0. The molecule has 3 rings (SSSR count). The van der Waals surface area contributed by atoms with Crippen molar-refractivity contribution in [1.82, 2.24) is 9.21 Å². The lowest BCUT2D eigenvalue weighted by Crippen LogP contribution is -2.31. The molecule has 124 valence electrons. The zero-order valence-electron chi connectivity index (χ0n) is 12.8. The third-order valence-electron chi connectivity index (χ3n) is 3.83. The Kier molecular flexibility index (Phi) is 4.86. The van der Waals surface area contributed by atoms with E-state index in [4.69, 9.17) is 0 Å². The Morgan fingerprint density at radius 3 is 2.61 bits per heavy atom. The molecular weight excluding hydrogens is 352 g/mol. The molecule has 0 spiro atoms. The molecule has 0 bridgehead atoms. The van der Waals surface area contributed by atoms with Crippen LogP contribution in [0.4, 0.5) is 0 Å². The monoisotopic (exact) mass is 370 g/mol. The van der Waals surface area contributed by atoms with Gasteiger partial charge < -0.3 is 4.90 Å². The van der Waals surface area contributed by atoms with Crippen LogP contribution >= 0.6 is 22.7 Å². The number of sulfonamides is 1. The highest BCUT2D eigenvalue weighted by Gasteiger charge is 2.32. The fraction of sp³-hybridized carbons (Fsp3) is 0.400. The molecule has 1 saturated heterocycles. The van der Waals surface area contributed by atoms with Gasteiger partial charge >= 0.3 is 0 Å². The highest BCUT2D eigenvalue weighted by Crippen LogP contribution is 2.28. The molecule has 1 amide bonds. The summed E-state index contributed by atoms with van der Waals surface area (Å²) in [6.45, 7) is 1.56. The number of carbonyl (C=O) groups is 1. The van der Waals surface area contributed by atoms with Crippen molar-refractivity contribution in [3.63, 3.8) is 0 Å². The second-order valence-corrected chi connectivity index (χ2v) is 9.32. The van der Waals surface area contributed by atoms with Crippen LogP contribution in [0.1, 0.15) is 27.4 Å². The molecule has 3 heterocycles. The summed E-state index contributed by atoms with van der Waals surface area (Å²) in [6.07, 6.45) is 1.76. The smallest absolute Gasteiger partial charge is 0.265 e. The molecule has 0 saturated carbocycles. The van der Waals surface area contributed by atoms with E-state index >= 15 is 0 Å². The lowest BCUT2D eigenvalue weighted by molar-refractivity contribution is 0.0787. The predicted octanol–water partition coefficient (Wildman–Crippen LogP) is 2.87. The summed E-state index contributed by atoms with van der Waals surface area (Å²) in [5.74, 6) is -0.244. The van der Waals surface area contributed by atoms with Crippen LogP contribution in [0.15, 0.2) is 33.9 Å². The van der Waals surface area contributed by atoms with Crippen molar-refractivity contribution in [2.45, 2.75) is 24.3 Å². The fourth-order valence-electron chi connectivity index (χ4n) is 2.61. The van der Waals surface area contributed by atoms with Gasteiger partial charge in [0.1, 0.15) is 9.77 Å². The molecule has 5 nitrogen and oxygen atoms in total. The van der Waals surface area contributed by atoms with Crippen molar-refractivity contribution >= 4 is 38.6 Å². The molecule has 0 unspecified atom stereocenters. The van der Waals surface area contributed by atoms with E-state index in [9.17, 15) is 13.2 Å². The SMILES string of the molecule is CN(Cc1cccs1)C(=O)c1sccc1S(=O)(=O)N1CCCC1. The molecule has 23 heavy (non-hydrogen) atoms. The first kappa shape index (κ1) is 16.6. The van der Waals surface area contributed by atoms with E-state index in [1.807, 2.05) is 17.5 Å². The Balaban J connectivity index is 1.84. The van der Waals surface area contributed by atoms with Gasteiger partial charge in [0.2, 0.25) is 10.0 Å². The van der Waals surface area contributed by atoms with Crippen LogP contribution in [0.2, 0.25) is 0 Å². The molecule has 1 aliphatic rings. The van der Waals surface area contributed by atoms with Crippen LogP contribution in [-0.4, -0.2) is 43.7 Å². The van der Waals surface area contributed by atoms with Gasteiger partial charge in [-0.15, -0.1) is 22.7 Å². The van der Waals surface area contributed by atoms with Crippen LogP contribution in [0, 0.1) is 0 Å². The van der Waals surface area contributed by atoms with Gasteiger partial charge in [-0.25, -0.2) is 8.42 Å². The fourth-order valence-corrected chi connectivity index (χ4v) is 6.27. The van der Waals surface area contributed by atoms with Crippen molar-refractivity contribution in [2.24, 2.45) is 0 Å². The number of rotatable bonds is 5. The average Bonchev–Trinajstić information content (AvgIpc) is 3.26. The zero-order chi connectivity index (χ0) is 16.4. The molecule has 0 atom stereocenters. The molecule has 2 aromatic rings. The molecule has 1 aliphatic heterocycles. The number of hydrogen-bond acceptors (Lipinski definition) is 5. The maximum Gasteiger partial charge on any atom is 0.265 e. The Labute approximate surface area is 144 Å². The van der Waals surface area contributed by atoms with E-state index in [0.717, 1.165) is 17.7 Å². The standard InChI is InChI=1S/C15H18N2O3S3/c1-16(11-12-5-4-9-21-12)15(18)14-13(6-10-22-14)23(19,20)17-7-2-3-8-17/h4-6,9-10H,2-3,7-8,11H2,1H3. The molecule has 1 fully saturated rings. The third-order valence-corrected chi connectivity index (χ3v) is 7.66. The Morgan fingerprint density at radius 1 is 1.22 bits per heavy atom. The topological polar surface area (TPSA) is 57.7 Å². The van der Waals surface area contributed by atoms with E-state index in [2.05, 4.69) is 0 Å². The van der Waals surface area contributed by atoms with E-state index in [1.54, 1.807) is 34.7 Å². The number of thiophene rings is 2. The van der Waals surface area contributed by atoms with Crippen molar-refractivity contribution in [2.75, 3.05) is 20.1 Å². The molecule has 8 heteroatoms. The summed E-state index contributed by atoms with van der Waals surface area (Å²) in [4.78, 5) is 15.8. The van der Waals surface area contributed by atoms with Gasteiger partial charge in [-0.3, -0.25) is 4.79 Å². The first-order valence-corrected chi connectivity index (χ1v) is 10.6. The van der Waals surface area contributed by atoms with E-state index < -0.39 is 10.0 Å². The van der Waals surface area contributed by atoms with Gasteiger partial charge in [-0.1, -0.05) is 6.07 Å². The van der Waals surface area contributed by atoms with E-state index in [1.165, 1.54) is 15.6 Å². The number of carbonyl (C=O) groups excluding carboxylic acids is 1. The van der Waals surface area contributed by atoms with Crippen LogP contribution in [-0.2, 0) is 16.6 Å². The van der Waals surface area contributed by atoms with Crippen LogP contribution in [0.25, 0.3) is 0 Å². The van der Waals surface area contributed by atoms with Gasteiger partial charge in [0.15, 0.2) is 0 Å². The Hall–Kier alpha value is -1.22. The van der Waals surface area contributed by atoms with Gasteiger partial charge in [0.05, 0.1) is 6.54 Å². The van der Waals surface area contributed by atoms with Crippen LogP contribution in [0.5, 0.6) is 0 Å². The molecule has 2 aromatic heterocycles. The summed E-state index contributed by atoms with van der Waals surface area (Å²) >= 11 is 2.77. The molecule has 0 radical (unpaired) electrons. The predicted molar refractivity (Wildman–Crippen MR) is 92.4 cm³/mol. The summed E-state index contributed by atoms with van der Waals surface area (Å²) in [7, 11) is -1.87. The van der Waals surface area contributed by atoms with E-state index in [0.29, 0.717) is 24.5 Å². The zero-order valence-corrected chi connectivity index (χ0v) is 15.2. The third kappa shape index (κ3) is 3.35. The molecular formula is C15H18N2O3S3. The van der Waals surface area contributed by atoms with Crippen molar-refractivity contribution in [3.05, 3.63) is 38.7 Å². The van der Waals surface area contributed by atoms with Crippen LogP contribution in [0.3, 0.4) is 0 Å². The number of amides is 1. The highest BCUT2D eigenvalue weighted by atomic mass is 32.2. The molecule has 0 N–H and O–H groups in total. The van der Waals surface area contributed by atoms with E-state index in [-0.39, 0.29) is 10.8 Å². The van der Waals surface area contributed by atoms with Crippen molar-refractivity contribution < 1.29 is 13.2 Å². The highest BCUT2D eigenvalue weighted by molar-refractivity contribution is 7.89. The summed E-state index contributed by atoms with van der Waals surface area (Å²) < 4.78 is 26.9. The van der Waals surface area contributed by atoms with Crippen molar-refractivity contribution in [3.8, 4) is 0 Å². The minimum absolute atomic E-state index is 0.146.